The van der Waals surface area contributed by atoms with Gasteiger partial charge in [-0.05, 0) is 41.8 Å². The van der Waals surface area contributed by atoms with Crippen LogP contribution in [0.15, 0.2) is 88.9 Å². The number of aromatic nitrogens is 1. The molecule has 1 amide bonds. The zero-order chi connectivity index (χ0) is 21.4. The molecule has 0 aliphatic carbocycles. The van der Waals surface area contributed by atoms with E-state index in [1.54, 1.807) is 11.0 Å². The second-order valence-corrected chi connectivity index (χ2v) is 8.25. The Labute approximate surface area is 184 Å². The zero-order valence-electron chi connectivity index (χ0n) is 16.9. The Morgan fingerprint density at radius 2 is 1.81 bits per heavy atom. The van der Waals surface area contributed by atoms with Crippen molar-refractivity contribution in [2.45, 2.75) is 13.5 Å². The van der Waals surface area contributed by atoms with Gasteiger partial charge in [0.05, 0.1) is 11.3 Å². The molecule has 3 aromatic rings. The highest BCUT2D eigenvalue weighted by Gasteiger charge is 2.36. The largest absolute Gasteiger partial charge is 0.344 e. The van der Waals surface area contributed by atoms with E-state index >= 15 is 0 Å². The Bertz CT molecular complexity index is 1280. The van der Waals surface area contributed by atoms with E-state index in [0.29, 0.717) is 11.7 Å². The van der Waals surface area contributed by atoms with Crippen molar-refractivity contribution < 1.29 is 4.79 Å². The SMILES string of the molecule is Cc1ccccc1Cn1cccc1/C=C1/C(=N)N2C(c3ccccc3)=CSC2=NC1=O. The Kier molecular flexibility index (Phi) is 4.92. The van der Waals surface area contributed by atoms with Crippen LogP contribution in [0.2, 0.25) is 0 Å². The molecule has 1 N–H and O–H groups in total. The van der Waals surface area contributed by atoms with Crippen LogP contribution in [0.1, 0.15) is 22.4 Å². The van der Waals surface area contributed by atoms with Crippen molar-refractivity contribution in [3.63, 3.8) is 0 Å². The molecule has 2 aromatic carbocycles. The van der Waals surface area contributed by atoms with Crippen LogP contribution < -0.4 is 0 Å². The van der Waals surface area contributed by atoms with Crippen molar-refractivity contribution in [1.82, 2.24) is 9.47 Å². The van der Waals surface area contributed by atoms with E-state index in [9.17, 15) is 4.79 Å². The molecule has 5 nitrogen and oxygen atoms in total. The van der Waals surface area contributed by atoms with E-state index in [4.69, 9.17) is 5.41 Å². The molecule has 6 heteroatoms. The van der Waals surface area contributed by atoms with Gasteiger partial charge in [-0.25, -0.2) is 0 Å². The number of amides is 1. The highest BCUT2D eigenvalue weighted by Crippen LogP contribution is 2.37. The number of aryl methyl sites for hydroxylation is 1. The molecule has 0 atom stereocenters. The molecule has 0 spiro atoms. The van der Waals surface area contributed by atoms with Crippen molar-refractivity contribution in [3.05, 3.63) is 106 Å². The average Bonchev–Trinajstić information content (AvgIpc) is 3.40. The van der Waals surface area contributed by atoms with Crippen LogP contribution in [0.4, 0.5) is 0 Å². The summed E-state index contributed by atoms with van der Waals surface area (Å²) in [6.07, 6.45) is 3.76. The van der Waals surface area contributed by atoms with E-state index in [1.807, 2.05) is 66.2 Å². The first-order valence-corrected chi connectivity index (χ1v) is 10.9. The van der Waals surface area contributed by atoms with E-state index < -0.39 is 0 Å². The average molecular weight is 425 g/mol. The van der Waals surface area contributed by atoms with Gasteiger partial charge in [0, 0.05) is 23.8 Å². The van der Waals surface area contributed by atoms with E-state index in [2.05, 4.69) is 28.6 Å². The fourth-order valence-corrected chi connectivity index (χ4v) is 4.62. The van der Waals surface area contributed by atoms with Gasteiger partial charge in [-0.2, -0.15) is 4.99 Å². The number of aliphatic imine (C=N–C) groups is 1. The van der Waals surface area contributed by atoms with Gasteiger partial charge in [-0.3, -0.25) is 15.1 Å². The summed E-state index contributed by atoms with van der Waals surface area (Å²) < 4.78 is 2.09. The summed E-state index contributed by atoms with van der Waals surface area (Å²) >= 11 is 1.37. The predicted molar refractivity (Wildman–Crippen MR) is 127 cm³/mol. The van der Waals surface area contributed by atoms with E-state index in [0.717, 1.165) is 17.0 Å². The molecular formula is C25H20N4OS. The number of benzene rings is 2. The number of hydrogen-bond acceptors (Lipinski definition) is 3. The molecule has 3 heterocycles. The number of carbonyl (C=O) groups is 1. The summed E-state index contributed by atoms with van der Waals surface area (Å²) in [5.74, 6) is -0.228. The molecule has 152 valence electrons. The number of nitrogens with zero attached hydrogens (tertiary/aromatic N) is 3. The highest BCUT2D eigenvalue weighted by molar-refractivity contribution is 8.17. The Morgan fingerprint density at radius 3 is 2.61 bits per heavy atom. The lowest BCUT2D eigenvalue weighted by Crippen LogP contribution is -2.38. The minimum absolute atomic E-state index is 0.152. The second kappa shape index (κ2) is 7.89. The molecular weight excluding hydrogens is 404 g/mol. The van der Waals surface area contributed by atoms with Crippen LogP contribution in [0.3, 0.4) is 0 Å². The van der Waals surface area contributed by atoms with Crippen LogP contribution >= 0.6 is 11.8 Å². The molecule has 2 aliphatic heterocycles. The predicted octanol–water partition coefficient (Wildman–Crippen LogP) is 5.15. The number of amidine groups is 2. The van der Waals surface area contributed by atoms with Crippen molar-refractivity contribution in [1.29, 1.82) is 5.41 Å². The quantitative estimate of drug-likeness (QED) is 0.589. The lowest BCUT2D eigenvalue weighted by Gasteiger charge is -2.27. The standard InChI is InChI=1S/C25H20N4OS/c1-17-8-5-6-11-19(17)15-28-13-7-12-20(28)14-21-23(26)29-22(18-9-3-2-4-10-18)16-31-25(29)27-24(21)30/h2-14,16,26H,15H2,1H3/b21-14-,26-23?. The minimum atomic E-state index is -0.380. The van der Waals surface area contributed by atoms with Gasteiger partial charge in [0.15, 0.2) is 5.17 Å². The Balaban J connectivity index is 1.49. The minimum Gasteiger partial charge on any atom is -0.344 e. The molecule has 1 aromatic heterocycles. The van der Waals surface area contributed by atoms with Gasteiger partial charge in [-0.1, -0.05) is 66.4 Å². The molecule has 5 rings (SSSR count). The zero-order valence-corrected chi connectivity index (χ0v) is 17.8. The first kappa shape index (κ1) is 19.3. The van der Waals surface area contributed by atoms with E-state index in [1.165, 1.54) is 22.9 Å². The Hall–Kier alpha value is -3.64. The lowest BCUT2D eigenvalue weighted by atomic mass is 10.1. The van der Waals surface area contributed by atoms with Crippen LogP contribution in [0.5, 0.6) is 0 Å². The molecule has 2 aliphatic rings. The fraction of sp³-hybridized carbons (Fsp3) is 0.0800. The number of carbonyl (C=O) groups excluding carboxylic acids is 1. The van der Waals surface area contributed by atoms with Crippen LogP contribution in [0, 0.1) is 12.3 Å². The molecule has 0 saturated heterocycles. The smallest absolute Gasteiger partial charge is 0.283 e. The number of hydrogen-bond donors (Lipinski definition) is 1. The maximum atomic E-state index is 12.8. The summed E-state index contributed by atoms with van der Waals surface area (Å²) in [5.41, 5.74) is 5.45. The number of rotatable bonds is 4. The maximum absolute atomic E-state index is 12.8. The molecule has 0 fully saturated rings. The monoisotopic (exact) mass is 424 g/mol. The van der Waals surface area contributed by atoms with Gasteiger partial charge in [-0.15, -0.1) is 0 Å². The fourth-order valence-electron chi connectivity index (χ4n) is 3.74. The topological polar surface area (TPSA) is 61.5 Å². The van der Waals surface area contributed by atoms with Crippen LogP contribution in [-0.4, -0.2) is 26.4 Å². The second-order valence-electron chi connectivity index (χ2n) is 7.42. The number of thioether (sulfide) groups is 1. The first-order valence-electron chi connectivity index (χ1n) is 9.97. The molecule has 0 saturated carbocycles. The van der Waals surface area contributed by atoms with Gasteiger partial charge < -0.3 is 4.57 Å². The van der Waals surface area contributed by atoms with Crippen molar-refractivity contribution in [2.24, 2.45) is 4.99 Å². The Morgan fingerprint density at radius 1 is 1.03 bits per heavy atom. The van der Waals surface area contributed by atoms with Crippen LogP contribution in [0.25, 0.3) is 11.8 Å². The number of fused-ring (bicyclic) bond motifs is 1. The summed E-state index contributed by atoms with van der Waals surface area (Å²) in [5, 5.41) is 11.3. The molecule has 0 unspecified atom stereocenters. The van der Waals surface area contributed by atoms with Crippen molar-refractivity contribution in [3.8, 4) is 0 Å². The third-order valence-electron chi connectivity index (χ3n) is 5.44. The summed E-state index contributed by atoms with van der Waals surface area (Å²) in [6.45, 7) is 2.79. The van der Waals surface area contributed by atoms with Gasteiger partial charge in [0.2, 0.25) is 0 Å². The number of nitrogens with one attached hydrogen (secondary N) is 1. The lowest BCUT2D eigenvalue weighted by molar-refractivity contribution is -0.114. The normalized spacial score (nSPS) is 17.1. The van der Waals surface area contributed by atoms with Gasteiger partial charge in [0.1, 0.15) is 5.84 Å². The third kappa shape index (κ3) is 3.55. The highest BCUT2D eigenvalue weighted by atomic mass is 32.2. The van der Waals surface area contributed by atoms with Crippen molar-refractivity contribution in [2.75, 3.05) is 0 Å². The van der Waals surface area contributed by atoms with Gasteiger partial charge >= 0.3 is 0 Å². The molecule has 0 bridgehead atoms. The maximum Gasteiger partial charge on any atom is 0.283 e. The summed E-state index contributed by atoms with van der Waals surface area (Å²) in [6, 6.07) is 22.0. The summed E-state index contributed by atoms with van der Waals surface area (Å²) in [4.78, 5) is 18.8. The third-order valence-corrected chi connectivity index (χ3v) is 6.27. The molecule has 31 heavy (non-hydrogen) atoms. The van der Waals surface area contributed by atoms with Crippen LogP contribution in [-0.2, 0) is 11.3 Å². The van der Waals surface area contributed by atoms with E-state index in [-0.39, 0.29) is 17.3 Å². The van der Waals surface area contributed by atoms with Gasteiger partial charge in [0.25, 0.3) is 5.91 Å². The summed E-state index contributed by atoms with van der Waals surface area (Å²) in [7, 11) is 0. The first-order chi connectivity index (χ1) is 15.1. The van der Waals surface area contributed by atoms with Crippen molar-refractivity contribution >= 4 is 40.4 Å². The molecule has 0 radical (unpaired) electrons.